The lowest BCUT2D eigenvalue weighted by atomic mass is 9.83. The summed E-state index contributed by atoms with van der Waals surface area (Å²) in [6, 6.07) is 0. The summed E-state index contributed by atoms with van der Waals surface area (Å²) < 4.78 is 6.00. The van der Waals surface area contributed by atoms with Crippen LogP contribution >= 0.6 is 0 Å². The van der Waals surface area contributed by atoms with E-state index in [0.717, 1.165) is 6.61 Å². The number of ether oxygens (including phenoxy) is 1. The van der Waals surface area contributed by atoms with Crippen LogP contribution in [0.3, 0.4) is 0 Å². The smallest absolute Gasteiger partial charge is 0.0649 e. The van der Waals surface area contributed by atoms with Gasteiger partial charge in [0.1, 0.15) is 0 Å². The Hall–Kier alpha value is -0.0800. The molecule has 0 aliphatic heterocycles. The Morgan fingerprint density at radius 3 is 2.20 bits per heavy atom. The van der Waals surface area contributed by atoms with Crippen molar-refractivity contribution >= 4 is 0 Å². The number of nitrogens with two attached hydrogens (primary N) is 1. The van der Waals surface area contributed by atoms with Gasteiger partial charge < -0.3 is 10.5 Å². The molecule has 0 aromatic rings. The zero-order valence-corrected chi connectivity index (χ0v) is 9.84. The second kappa shape index (κ2) is 5.31. The van der Waals surface area contributed by atoms with E-state index in [-0.39, 0.29) is 5.54 Å². The summed E-state index contributed by atoms with van der Waals surface area (Å²) in [4.78, 5) is 0. The minimum atomic E-state index is 0.00962. The van der Waals surface area contributed by atoms with Gasteiger partial charge in [-0.05, 0) is 25.7 Å². The van der Waals surface area contributed by atoms with Gasteiger partial charge in [-0.3, -0.25) is 0 Å². The highest BCUT2D eigenvalue weighted by atomic mass is 16.5. The minimum absolute atomic E-state index is 0.00962. The maximum absolute atomic E-state index is 6.35. The molecule has 0 amide bonds. The monoisotopic (exact) mass is 211 g/mol. The maximum atomic E-state index is 6.35. The standard InChI is InChI=1S/C13H25NO/c14-13(9-5-2-6-10-13)11-15-12-7-3-1-4-8-12/h12H,1-11,14H2. The van der Waals surface area contributed by atoms with Crippen molar-refractivity contribution in [3.05, 3.63) is 0 Å². The molecule has 0 spiro atoms. The highest BCUT2D eigenvalue weighted by Gasteiger charge is 2.28. The van der Waals surface area contributed by atoms with Gasteiger partial charge in [-0.25, -0.2) is 0 Å². The summed E-state index contributed by atoms with van der Waals surface area (Å²) in [7, 11) is 0. The van der Waals surface area contributed by atoms with E-state index in [0.29, 0.717) is 6.10 Å². The number of rotatable bonds is 3. The molecule has 15 heavy (non-hydrogen) atoms. The van der Waals surface area contributed by atoms with Crippen molar-refractivity contribution in [1.82, 2.24) is 0 Å². The average molecular weight is 211 g/mol. The zero-order valence-electron chi connectivity index (χ0n) is 9.84. The largest absolute Gasteiger partial charge is 0.376 e. The molecule has 2 N–H and O–H groups in total. The van der Waals surface area contributed by atoms with E-state index in [1.165, 1.54) is 64.2 Å². The second-order valence-corrected chi connectivity index (χ2v) is 5.49. The number of hydrogen-bond donors (Lipinski definition) is 1. The van der Waals surface area contributed by atoms with Crippen LogP contribution in [0.4, 0.5) is 0 Å². The average Bonchev–Trinajstić information content (AvgIpc) is 2.29. The van der Waals surface area contributed by atoms with Crippen molar-refractivity contribution in [2.75, 3.05) is 6.61 Å². The molecule has 0 radical (unpaired) electrons. The lowest BCUT2D eigenvalue weighted by Gasteiger charge is -2.35. The first-order valence-corrected chi connectivity index (χ1v) is 6.69. The Labute approximate surface area is 93.6 Å². The van der Waals surface area contributed by atoms with Crippen LogP contribution in [0.15, 0.2) is 0 Å². The van der Waals surface area contributed by atoms with Crippen LogP contribution in [0.5, 0.6) is 0 Å². The van der Waals surface area contributed by atoms with Gasteiger partial charge >= 0.3 is 0 Å². The Bertz CT molecular complexity index is 181. The molecule has 2 rings (SSSR count). The fourth-order valence-corrected chi connectivity index (χ4v) is 2.92. The SMILES string of the molecule is NC1(COC2CCCCC2)CCCCC1. The van der Waals surface area contributed by atoms with Crippen molar-refractivity contribution in [3.63, 3.8) is 0 Å². The quantitative estimate of drug-likeness (QED) is 0.779. The maximum Gasteiger partial charge on any atom is 0.0649 e. The predicted octanol–water partition coefficient (Wildman–Crippen LogP) is 3.00. The molecule has 2 saturated carbocycles. The molecule has 0 saturated heterocycles. The summed E-state index contributed by atoms with van der Waals surface area (Å²) in [5, 5.41) is 0. The van der Waals surface area contributed by atoms with Gasteiger partial charge in [-0.15, -0.1) is 0 Å². The van der Waals surface area contributed by atoms with Crippen molar-refractivity contribution in [2.45, 2.75) is 75.9 Å². The van der Waals surface area contributed by atoms with E-state index >= 15 is 0 Å². The molecule has 0 bridgehead atoms. The van der Waals surface area contributed by atoms with Gasteiger partial charge in [0.05, 0.1) is 12.7 Å². The summed E-state index contributed by atoms with van der Waals surface area (Å²) in [5.74, 6) is 0. The van der Waals surface area contributed by atoms with Crippen molar-refractivity contribution in [3.8, 4) is 0 Å². The summed E-state index contributed by atoms with van der Waals surface area (Å²) in [6.07, 6.45) is 13.4. The molecular formula is C13H25NO. The van der Waals surface area contributed by atoms with E-state index in [2.05, 4.69) is 0 Å². The third-order valence-electron chi connectivity index (χ3n) is 4.01. The van der Waals surface area contributed by atoms with Crippen LogP contribution in [-0.2, 0) is 4.74 Å². The number of hydrogen-bond acceptors (Lipinski definition) is 2. The highest BCUT2D eigenvalue weighted by Crippen LogP contribution is 2.28. The molecule has 0 unspecified atom stereocenters. The second-order valence-electron chi connectivity index (χ2n) is 5.49. The molecule has 2 nitrogen and oxygen atoms in total. The van der Waals surface area contributed by atoms with Crippen LogP contribution < -0.4 is 5.73 Å². The molecular weight excluding hydrogens is 186 g/mol. The normalized spacial score (nSPS) is 27.8. The molecule has 0 atom stereocenters. The summed E-state index contributed by atoms with van der Waals surface area (Å²) >= 11 is 0. The summed E-state index contributed by atoms with van der Waals surface area (Å²) in [6.45, 7) is 0.803. The topological polar surface area (TPSA) is 35.2 Å². The molecule has 0 heterocycles. The predicted molar refractivity (Wildman–Crippen MR) is 62.8 cm³/mol. The molecule has 2 fully saturated rings. The lowest BCUT2D eigenvalue weighted by molar-refractivity contribution is -0.00833. The first kappa shape index (κ1) is 11.4. The first-order valence-electron chi connectivity index (χ1n) is 6.69. The molecule has 2 aliphatic rings. The fourth-order valence-electron chi connectivity index (χ4n) is 2.92. The van der Waals surface area contributed by atoms with Crippen LogP contribution in [0.1, 0.15) is 64.2 Å². The van der Waals surface area contributed by atoms with Gasteiger partial charge in [-0.1, -0.05) is 38.5 Å². The molecule has 2 heteroatoms. The Morgan fingerprint density at radius 1 is 0.933 bits per heavy atom. The molecule has 2 aliphatic carbocycles. The summed E-state index contributed by atoms with van der Waals surface area (Å²) in [5.41, 5.74) is 6.36. The van der Waals surface area contributed by atoms with Gasteiger partial charge in [0.2, 0.25) is 0 Å². The molecule has 0 aromatic carbocycles. The molecule has 0 aromatic heterocycles. The van der Waals surface area contributed by atoms with Crippen molar-refractivity contribution in [1.29, 1.82) is 0 Å². The lowest BCUT2D eigenvalue weighted by Crippen LogP contribution is -2.47. The van der Waals surface area contributed by atoms with Gasteiger partial charge in [0.25, 0.3) is 0 Å². The Kier molecular flexibility index (Phi) is 4.04. The van der Waals surface area contributed by atoms with E-state index in [9.17, 15) is 0 Å². The Balaban J connectivity index is 1.70. The van der Waals surface area contributed by atoms with Crippen LogP contribution in [0.2, 0.25) is 0 Å². The van der Waals surface area contributed by atoms with Gasteiger partial charge in [-0.2, -0.15) is 0 Å². The van der Waals surface area contributed by atoms with E-state index in [1.807, 2.05) is 0 Å². The zero-order chi connectivity index (χ0) is 10.6. The van der Waals surface area contributed by atoms with E-state index in [1.54, 1.807) is 0 Å². The van der Waals surface area contributed by atoms with Gasteiger partial charge in [0.15, 0.2) is 0 Å². The highest BCUT2D eigenvalue weighted by molar-refractivity contribution is 4.87. The third kappa shape index (κ3) is 3.46. The van der Waals surface area contributed by atoms with E-state index < -0.39 is 0 Å². The minimum Gasteiger partial charge on any atom is -0.376 e. The van der Waals surface area contributed by atoms with Crippen LogP contribution in [0, 0.1) is 0 Å². The molecule has 88 valence electrons. The fraction of sp³-hybridized carbons (Fsp3) is 1.00. The Morgan fingerprint density at radius 2 is 1.53 bits per heavy atom. The van der Waals surface area contributed by atoms with Crippen molar-refractivity contribution in [2.24, 2.45) is 5.73 Å². The van der Waals surface area contributed by atoms with Crippen molar-refractivity contribution < 1.29 is 4.74 Å². The van der Waals surface area contributed by atoms with Crippen LogP contribution in [0.25, 0.3) is 0 Å². The first-order chi connectivity index (χ1) is 7.29. The van der Waals surface area contributed by atoms with Crippen LogP contribution in [-0.4, -0.2) is 18.2 Å². The van der Waals surface area contributed by atoms with E-state index in [4.69, 9.17) is 10.5 Å². The third-order valence-corrected chi connectivity index (χ3v) is 4.01. The van der Waals surface area contributed by atoms with Gasteiger partial charge in [0, 0.05) is 5.54 Å².